The maximum atomic E-state index is 9.05. The lowest BCUT2D eigenvalue weighted by Gasteiger charge is -2.11. The van der Waals surface area contributed by atoms with E-state index in [4.69, 9.17) is 15.6 Å². The van der Waals surface area contributed by atoms with Crippen molar-refractivity contribution >= 4 is 0 Å². The first-order valence-electron chi connectivity index (χ1n) is 5.30. The van der Waals surface area contributed by atoms with Crippen molar-refractivity contribution < 1.29 is 9.84 Å². The summed E-state index contributed by atoms with van der Waals surface area (Å²) in [6.07, 6.45) is 0.482. The van der Waals surface area contributed by atoms with Gasteiger partial charge >= 0.3 is 0 Å². The fraction of sp³-hybridized carbons (Fsp3) is 0.500. The zero-order valence-corrected chi connectivity index (χ0v) is 9.31. The van der Waals surface area contributed by atoms with Crippen LogP contribution in [0.25, 0.3) is 0 Å². The Morgan fingerprint density at radius 1 is 1.33 bits per heavy atom. The minimum absolute atomic E-state index is 0.0933. The second kappa shape index (κ2) is 5.73. The van der Waals surface area contributed by atoms with Crippen LogP contribution >= 0.6 is 0 Å². The molecular weight excluding hydrogens is 190 g/mol. The van der Waals surface area contributed by atoms with Crippen molar-refractivity contribution in [2.24, 2.45) is 5.73 Å². The van der Waals surface area contributed by atoms with E-state index in [0.717, 1.165) is 17.7 Å². The summed E-state index contributed by atoms with van der Waals surface area (Å²) in [5.74, 6) is 0.767. The molecule has 0 fully saturated rings. The van der Waals surface area contributed by atoms with Crippen LogP contribution in [0.4, 0.5) is 0 Å². The Bertz CT molecular complexity index is 282. The third kappa shape index (κ3) is 3.90. The van der Waals surface area contributed by atoms with Gasteiger partial charge in [-0.05, 0) is 31.0 Å². The molecule has 84 valence electrons. The van der Waals surface area contributed by atoms with Gasteiger partial charge in [0.05, 0.1) is 6.10 Å². The Morgan fingerprint density at radius 2 is 1.93 bits per heavy atom. The highest BCUT2D eigenvalue weighted by Crippen LogP contribution is 2.18. The van der Waals surface area contributed by atoms with Crippen molar-refractivity contribution in [3.8, 4) is 5.75 Å². The Labute approximate surface area is 90.9 Å². The SMILES string of the molecule is CC[C@@H](N)c1ccc(OCC(C)O)cc1. The second-order valence-electron chi connectivity index (χ2n) is 3.74. The minimum atomic E-state index is -0.442. The average Bonchev–Trinajstić information content (AvgIpc) is 2.26. The third-order valence-corrected chi connectivity index (χ3v) is 2.24. The molecule has 0 saturated carbocycles. The molecule has 1 aromatic carbocycles. The van der Waals surface area contributed by atoms with E-state index in [9.17, 15) is 0 Å². The first-order chi connectivity index (χ1) is 7.13. The van der Waals surface area contributed by atoms with Gasteiger partial charge in [0.15, 0.2) is 0 Å². The normalized spacial score (nSPS) is 14.7. The minimum Gasteiger partial charge on any atom is -0.491 e. The van der Waals surface area contributed by atoms with E-state index >= 15 is 0 Å². The summed E-state index contributed by atoms with van der Waals surface area (Å²) in [6, 6.07) is 7.79. The van der Waals surface area contributed by atoms with Crippen LogP contribution in [0.5, 0.6) is 5.75 Å². The lowest BCUT2D eigenvalue weighted by molar-refractivity contribution is 0.122. The summed E-state index contributed by atoms with van der Waals surface area (Å²) in [6.45, 7) is 4.07. The smallest absolute Gasteiger partial charge is 0.119 e. The van der Waals surface area contributed by atoms with Gasteiger partial charge in [-0.2, -0.15) is 0 Å². The first-order valence-corrected chi connectivity index (χ1v) is 5.30. The van der Waals surface area contributed by atoms with E-state index in [1.165, 1.54) is 0 Å². The maximum absolute atomic E-state index is 9.05. The summed E-state index contributed by atoms with van der Waals surface area (Å²) in [4.78, 5) is 0. The molecule has 0 heterocycles. The number of aliphatic hydroxyl groups excluding tert-OH is 1. The van der Waals surface area contributed by atoms with E-state index in [0.29, 0.717) is 6.61 Å². The molecule has 15 heavy (non-hydrogen) atoms. The summed E-state index contributed by atoms with van der Waals surface area (Å²) in [7, 11) is 0. The quantitative estimate of drug-likeness (QED) is 0.778. The number of rotatable bonds is 5. The molecule has 0 radical (unpaired) electrons. The van der Waals surface area contributed by atoms with Crippen molar-refractivity contribution in [1.29, 1.82) is 0 Å². The molecule has 1 unspecified atom stereocenters. The van der Waals surface area contributed by atoms with Crippen LogP contribution in [0, 0.1) is 0 Å². The standard InChI is InChI=1S/C12H19NO2/c1-3-12(13)10-4-6-11(7-5-10)15-8-9(2)14/h4-7,9,12,14H,3,8,13H2,1-2H3/t9?,12-/m1/s1. The molecule has 0 saturated heterocycles. The lowest BCUT2D eigenvalue weighted by atomic mass is 10.1. The highest BCUT2D eigenvalue weighted by atomic mass is 16.5. The number of hydrogen-bond acceptors (Lipinski definition) is 3. The van der Waals surface area contributed by atoms with E-state index < -0.39 is 6.10 Å². The second-order valence-corrected chi connectivity index (χ2v) is 3.74. The topological polar surface area (TPSA) is 55.5 Å². The lowest BCUT2D eigenvalue weighted by Crippen LogP contribution is -2.13. The average molecular weight is 209 g/mol. The largest absolute Gasteiger partial charge is 0.491 e. The van der Waals surface area contributed by atoms with Gasteiger partial charge in [-0.25, -0.2) is 0 Å². The monoisotopic (exact) mass is 209 g/mol. The molecule has 0 aliphatic rings. The molecule has 0 bridgehead atoms. The molecule has 0 aliphatic heterocycles. The van der Waals surface area contributed by atoms with Crippen LogP contribution in [0.3, 0.4) is 0 Å². The van der Waals surface area contributed by atoms with Gasteiger partial charge in [-0.15, -0.1) is 0 Å². The van der Waals surface area contributed by atoms with Gasteiger partial charge in [0.2, 0.25) is 0 Å². The van der Waals surface area contributed by atoms with Gasteiger partial charge in [0.25, 0.3) is 0 Å². The van der Waals surface area contributed by atoms with Crippen molar-refractivity contribution in [2.75, 3.05) is 6.61 Å². The Hall–Kier alpha value is -1.06. The molecule has 0 aromatic heterocycles. The van der Waals surface area contributed by atoms with Crippen molar-refractivity contribution in [1.82, 2.24) is 0 Å². The van der Waals surface area contributed by atoms with Crippen molar-refractivity contribution in [3.63, 3.8) is 0 Å². The summed E-state index contributed by atoms with van der Waals surface area (Å²) in [5.41, 5.74) is 7.00. The van der Waals surface area contributed by atoms with Gasteiger partial charge in [0, 0.05) is 6.04 Å². The maximum Gasteiger partial charge on any atom is 0.119 e. The molecule has 1 aromatic rings. The van der Waals surface area contributed by atoms with Crippen LogP contribution in [0.15, 0.2) is 24.3 Å². The summed E-state index contributed by atoms with van der Waals surface area (Å²) >= 11 is 0. The van der Waals surface area contributed by atoms with Crippen LogP contribution in [0.2, 0.25) is 0 Å². The first kappa shape index (κ1) is 12.0. The number of ether oxygens (including phenoxy) is 1. The van der Waals surface area contributed by atoms with Gasteiger partial charge in [-0.1, -0.05) is 19.1 Å². The van der Waals surface area contributed by atoms with Crippen LogP contribution in [-0.2, 0) is 0 Å². The van der Waals surface area contributed by atoms with Gasteiger partial charge in [-0.3, -0.25) is 0 Å². The molecule has 3 N–H and O–H groups in total. The van der Waals surface area contributed by atoms with Gasteiger partial charge < -0.3 is 15.6 Å². The van der Waals surface area contributed by atoms with E-state index in [-0.39, 0.29) is 6.04 Å². The zero-order valence-electron chi connectivity index (χ0n) is 9.31. The molecule has 3 heteroatoms. The molecule has 2 atom stereocenters. The van der Waals surface area contributed by atoms with Crippen LogP contribution in [-0.4, -0.2) is 17.8 Å². The van der Waals surface area contributed by atoms with E-state index in [1.807, 2.05) is 24.3 Å². The fourth-order valence-electron chi connectivity index (χ4n) is 1.26. The molecule has 0 amide bonds. The van der Waals surface area contributed by atoms with Crippen molar-refractivity contribution in [3.05, 3.63) is 29.8 Å². The molecule has 0 aliphatic carbocycles. The van der Waals surface area contributed by atoms with Gasteiger partial charge in [0.1, 0.15) is 12.4 Å². The number of nitrogens with two attached hydrogens (primary N) is 1. The van der Waals surface area contributed by atoms with Crippen molar-refractivity contribution in [2.45, 2.75) is 32.4 Å². The predicted octanol–water partition coefficient (Wildman–Crippen LogP) is 1.86. The highest BCUT2D eigenvalue weighted by Gasteiger charge is 2.03. The number of hydrogen-bond donors (Lipinski definition) is 2. The zero-order chi connectivity index (χ0) is 11.3. The van der Waals surface area contributed by atoms with Crippen LogP contribution < -0.4 is 10.5 Å². The Morgan fingerprint density at radius 3 is 2.40 bits per heavy atom. The predicted molar refractivity (Wildman–Crippen MR) is 60.8 cm³/mol. The molecule has 1 rings (SSSR count). The van der Waals surface area contributed by atoms with E-state index in [2.05, 4.69) is 6.92 Å². The summed E-state index contributed by atoms with van der Waals surface area (Å²) < 4.78 is 5.34. The number of aliphatic hydroxyl groups is 1. The number of benzene rings is 1. The van der Waals surface area contributed by atoms with E-state index in [1.54, 1.807) is 6.92 Å². The Balaban J connectivity index is 2.56. The fourth-order valence-corrected chi connectivity index (χ4v) is 1.26. The Kier molecular flexibility index (Phi) is 4.59. The summed E-state index contributed by atoms with van der Waals surface area (Å²) in [5, 5.41) is 9.05. The molecular formula is C12H19NO2. The highest BCUT2D eigenvalue weighted by molar-refractivity contribution is 5.28. The molecule has 0 spiro atoms. The van der Waals surface area contributed by atoms with Crippen LogP contribution in [0.1, 0.15) is 31.9 Å². The molecule has 3 nitrogen and oxygen atoms in total. The third-order valence-electron chi connectivity index (χ3n) is 2.24.